The first-order valence-electron chi connectivity index (χ1n) is 13.0. The number of hydrogen-bond donors (Lipinski definition) is 2. The summed E-state index contributed by atoms with van der Waals surface area (Å²) in [5, 5.41) is 21.8. The summed E-state index contributed by atoms with van der Waals surface area (Å²) in [7, 11) is 0. The molecule has 2 aliphatic rings. The number of aryl methyl sites for hydroxylation is 1. The maximum atomic E-state index is 12.8. The maximum Gasteiger partial charge on any atom is 0.415 e. The molecule has 1 atom stereocenters. The number of para-hydroxylation sites is 1. The van der Waals surface area contributed by atoms with Crippen LogP contribution in [0.2, 0.25) is 0 Å². The van der Waals surface area contributed by atoms with E-state index in [-0.39, 0.29) is 25.0 Å². The van der Waals surface area contributed by atoms with Crippen LogP contribution < -0.4 is 9.64 Å². The van der Waals surface area contributed by atoms with E-state index in [0.717, 1.165) is 16.5 Å². The Morgan fingerprint density at radius 3 is 2.63 bits per heavy atom. The van der Waals surface area contributed by atoms with Crippen molar-refractivity contribution in [3.05, 3.63) is 90.0 Å². The molecule has 1 aliphatic heterocycles. The number of amides is 1. The van der Waals surface area contributed by atoms with Gasteiger partial charge in [-0.3, -0.25) is 0 Å². The highest BCUT2D eigenvalue weighted by Gasteiger charge is 2.32. The van der Waals surface area contributed by atoms with Gasteiger partial charge >= 0.3 is 6.09 Å². The van der Waals surface area contributed by atoms with E-state index in [9.17, 15) is 15.0 Å². The molecule has 5 rings (SSSR count). The predicted octanol–water partition coefficient (Wildman–Crippen LogP) is 5.43. The molecule has 3 aromatic rings. The summed E-state index contributed by atoms with van der Waals surface area (Å²) in [6.45, 7) is 6.98. The number of ether oxygens (including phenoxy) is 1. The minimum Gasteiger partial charge on any atom is -0.511 e. The highest BCUT2D eigenvalue weighted by molar-refractivity contribution is 5.92. The molecule has 1 unspecified atom stereocenters. The molecule has 198 valence electrons. The molecule has 1 aliphatic carbocycles. The quantitative estimate of drug-likeness (QED) is 0.479. The number of carbonyl (C=O) groups is 1. The lowest BCUT2D eigenvalue weighted by Crippen LogP contribution is -2.57. The van der Waals surface area contributed by atoms with Gasteiger partial charge in [-0.2, -0.15) is 0 Å². The second-order valence-corrected chi connectivity index (χ2v) is 8.90. The van der Waals surface area contributed by atoms with E-state index in [0.29, 0.717) is 42.5 Å². The minimum absolute atomic E-state index is 0.167. The molecule has 8 nitrogen and oxygen atoms in total. The summed E-state index contributed by atoms with van der Waals surface area (Å²) in [5.74, 6) is 1.76. The number of aliphatic hydroxyl groups excluding tert-OH is 2. The fourth-order valence-electron chi connectivity index (χ4n) is 4.49. The van der Waals surface area contributed by atoms with Crippen molar-refractivity contribution in [2.24, 2.45) is 0 Å². The average Bonchev–Trinajstić information content (AvgIpc) is 3.17. The molecule has 0 saturated carbocycles. The van der Waals surface area contributed by atoms with E-state index < -0.39 is 6.09 Å². The minimum atomic E-state index is -0.450. The van der Waals surface area contributed by atoms with Crippen molar-refractivity contribution in [3.8, 4) is 5.75 Å². The lowest BCUT2D eigenvalue weighted by Gasteiger charge is -2.41. The van der Waals surface area contributed by atoms with Crippen molar-refractivity contribution >= 4 is 28.4 Å². The number of carbonyl (C=O) groups excluding carboxylic acids is 1. The third kappa shape index (κ3) is 5.86. The van der Waals surface area contributed by atoms with E-state index in [1.165, 1.54) is 0 Å². The second-order valence-electron chi connectivity index (χ2n) is 8.90. The van der Waals surface area contributed by atoms with Crippen LogP contribution in [-0.2, 0) is 0 Å². The van der Waals surface area contributed by atoms with Crippen molar-refractivity contribution < 1.29 is 19.7 Å². The van der Waals surface area contributed by atoms with Crippen LogP contribution in [0, 0.1) is 6.92 Å². The van der Waals surface area contributed by atoms with Gasteiger partial charge in [-0.05, 0) is 42.8 Å². The number of benzene rings is 2. The SMILES string of the molecule is CC.Cc1ccc2c(N3CCN(C(=O)Oc4ccccc4)CC3CO)nc(C3=C(O)CC=CC=C3)nc2c1. The first kappa shape index (κ1) is 26.9. The first-order valence-corrected chi connectivity index (χ1v) is 13.0. The number of aromatic nitrogens is 2. The third-order valence-corrected chi connectivity index (χ3v) is 6.38. The summed E-state index contributed by atoms with van der Waals surface area (Å²) in [4.78, 5) is 26.0. The van der Waals surface area contributed by atoms with Crippen LogP contribution in [0.1, 0.15) is 31.7 Å². The molecule has 8 heteroatoms. The number of fused-ring (bicyclic) bond motifs is 1. The third-order valence-electron chi connectivity index (χ3n) is 6.38. The van der Waals surface area contributed by atoms with Gasteiger partial charge in [0.05, 0.1) is 23.7 Å². The van der Waals surface area contributed by atoms with Crippen LogP contribution >= 0.6 is 0 Å². The molecule has 2 N–H and O–H groups in total. The van der Waals surface area contributed by atoms with Crippen LogP contribution in [-0.4, -0.2) is 63.5 Å². The van der Waals surface area contributed by atoms with Gasteiger partial charge < -0.3 is 24.7 Å². The molecule has 38 heavy (non-hydrogen) atoms. The van der Waals surface area contributed by atoms with E-state index in [1.807, 2.05) is 80.3 Å². The molecule has 1 fully saturated rings. The number of hydrogen-bond acceptors (Lipinski definition) is 7. The molecule has 1 saturated heterocycles. The fraction of sp³-hybridized carbons (Fsp3) is 0.300. The zero-order valence-electron chi connectivity index (χ0n) is 22.0. The molecular weight excluding hydrogens is 480 g/mol. The van der Waals surface area contributed by atoms with Crippen LogP contribution in [0.3, 0.4) is 0 Å². The van der Waals surface area contributed by atoms with E-state index in [1.54, 1.807) is 23.1 Å². The molecule has 2 aromatic carbocycles. The zero-order chi connectivity index (χ0) is 27.1. The maximum absolute atomic E-state index is 12.8. The topological polar surface area (TPSA) is 99.0 Å². The van der Waals surface area contributed by atoms with E-state index >= 15 is 0 Å². The Labute approximate surface area is 223 Å². The molecule has 1 amide bonds. The second kappa shape index (κ2) is 12.4. The van der Waals surface area contributed by atoms with Gasteiger partial charge in [-0.1, -0.05) is 56.3 Å². The summed E-state index contributed by atoms with van der Waals surface area (Å²) >= 11 is 0. The number of rotatable bonds is 4. The number of piperazine rings is 1. The normalized spacial score (nSPS) is 17.2. The largest absolute Gasteiger partial charge is 0.511 e. The lowest BCUT2D eigenvalue weighted by molar-refractivity contribution is 0.130. The summed E-state index contributed by atoms with van der Waals surface area (Å²) in [5.41, 5.74) is 2.38. The smallest absolute Gasteiger partial charge is 0.415 e. The van der Waals surface area contributed by atoms with Crippen LogP contribution in [0.25, 0.3) is 16.5 Å². The van der Waals surface area contributed by atoms with Gasteiger partial charge in [0, 0.05) is 31.4 Å². The highest BCUT2D eigenvalue weighted by atomic mass is 16.6. The molecule has 0 radical (unpaired) electrons. The fourth-order valence-corrected chi connectivity index (χ4v) is 4.49. The Bertz CT molecular complexity index is 1370. The van der Waals surface area contributed by atoms with Gasteiger partial charge in [-0.25, -0.2) is 14.8 Å². The number of aliphatic hydroxyl groups is 2. The Morgan fingerprint density at radius 2 is 1.87 bits per heavy atom. The van der Waals surface area contributed by atoms with Crippen molar-refractivity contribution in [3.63, 3.8) is 0 Å². The van der Waals surface area contributed by atoms with Gasteiger partial charge in [0.2, 0.25) is 0 Å². The molecule has 2 heterocycles. The standard InChI is InChI=1S/C28H28N4O4.C2H6/c1-19-12-13-22-24(16-19)29-26(23-10-6-3-7-11-25(23)34)30-27(22)32-15-14-31(17-20(32)18-33)28(35)36-21-8-4-2-5-9-21;1-2/h2-10,12-13,16,20,33-34H,11,14-15,17-18H2,1H3;1-2H3. The van der Waals surface area contributed by atoms with Gasteiger partial charge in [0.15, 0.2) is 5.82 Å². The Kier molecular flexibility index (Phi) is 8.76. The lowest BCUT2D eigenvalue weighted by atomic mass is 10.1. The monoisotopic (exact) mass is 514 g/mol. The Hall–Kier alpha value is -4.17. The number of allylic oxidation sites excluding steroid dienone is 5. The Balaban J connectivity index is 0.00000164. The average molecular weight is 515 g/mol. The van der Waals surface area contributed by atoms with E-state index in [4.69, 9.17) is 14.7 Å². The van der Waals surface area contributed by atoms with Crippen LogP contribution in [0.5, 0.6) is 5.75 Å². The van der Waals surface area contributed by atoms with Gasteiger partial charge in [-0.15, -0.1) is 0 Å². The van der Waals surface area contributed by atoms with Gasteiger partial charge in [0.25, 0.3) is 0 Å². The molecular formula is C30H34N4O4. The van der Waals surface area contributed by atoms with Crippen molar-refractivity contribution in [2.45, 2.75) is 33.2 Å². The summed E-state index contributed by atoms with van der Waals surface area (Å²) in [6.07, 6.45) is 7.37. The summed E-state index contributed by atoms with van der Waals surface area (Å²) in [6, 6.07) is 14.5. The summed E-state index contributed by atoms with van der Waals surface area (Å²) < 4.78 is 5.51. The van der Waals surface area contributed by atoms with Gasteiger partial charge in [0.1, 0.15) is 17.3 Å². The van der Waals surface area contributed by atoms with Crippen LogP contribution in [0.15, 0.2) is 78.6 Å². The molecule has 1 aromatic heterocycles. The Morgan fingerprint density at radius 1 is 1.08 bits per heavy atom. The molecule has 0 spiro atoms. The highest BCUT2D eigenvalue weighted by Crippen LogP contribution is 2.31. The first-order chi connectivity index (χ1) is 18.5. The van der Waals surface area contributed by atoms with E-state index in [2.05, 4.69) is 0 Å². The predicted molar refractivity (Wildman–Crippen MR) is 150 cm³/mol. The number of nitrogens with zero attached hydrogens (tertiary/aromatic N) is 4. The molecule has 0 bridgehead atoms. The van der Waals surface area contributed by atoms with Crippen molar-refractivity contribution in [2.75, 3.05) is 31.1 Å². The zero-order valence-corrected chi connectivity index (χ0v) is 22.0. The van der Waals surface area contributed by atoms with Crippen molar-refractivity contribution in [1.82, 2.24) is 14.9 Å². The number of anilines is 1. The van der Waals surface area contributed by atoms with Crippen molar-refractivity contribution in [1.29, 1.82) is 0 Å². The van der Waals surface area contributed by atoms with Crippen LogP contribution in [0.4, 0.5) is 10.6 Å².